The molecule has 4 aromatic rings. The van der Waals surface area contributed by atoms with Gasteiger partial charge in [0, 0.05) is 49.6 Å². The zero-order valence-corrected chi connectivity index (χ0v) is 22.2. The third-order valence-electron chi connectivity index (χ3n) is 7.01. The van der Waals surface area contributed by atoms with Crippen molar-refractivity contribution in [2.24, 2.45) is 0 Å². The number of aromatic nitrogens is 2. The number of halogens is 1. The monoisotopic (exact) mass is 547 g/mol. The van der Waals surface area contributed by atoms with Crippen LogP contribution in [0.3, 0.4) is 0 Å². The molecule has 11 heteroatoms. The highest BCUT2D eigenvalue weighted by Gasteiger charge is 2.44. The van der Waals surface area contributed by atoms with Crippen LogP contribution in [0, 0.1) is 17.1 Å². The number of pyridine rings is 1. The summed E-state index contributed by atoms with van der Waals surface area (Å²) in [5.41, 5.74) is 2.26. The second-order valence-electron chi connectivity index (χ2n) is 9.51. The summed E-state index contributed by atoms with van der Waals surface area (Å²) < 4.78 is 48.7. The summed E-state index contributed by atoms with van der Waals surface area (Å²) in [5.74, 6) is -1.60. The molecular formula is C28H26FN5O4S. The van der Waals surface area contributed by atoms with E-state index in [4.69, 9.17) is 4.74 Å². The Morgan fingerprint density at radius 3 is 2.62 bits per heavy atom. The van der Waals surface area contributed by atoms with Gasteiger partial charge in [-0.05, 0) is 42.2 Å². The van der Waals surface area contributed by atoms with E-state index in [1.165, 1.54) is 38.6 Å². The number of nitrogens with one attached hydrogen (secondary N) is 2. The van der Waals surface area contributed by atoms with Crippen molar-refractivity contribution in [3.8, 4) is 17.2 Å². The van der Waals surface area contributed by atoms with Crippen LogP contribution in [0.5, 0.6) is 0 Å². The third kappa shape index (κ3) is 5.02. The van der Waals surface area contributed by atoms with E-state index in [1.807, 2.05) is 24.3 Å². The molecule has 39 heavy (non-hydrogen) atoms. The minimum Gasteiger partial charge on any atom is -0.383 e. The fourth-order valence-electron chi connectivity index (χ4n) is 4.41. The van der Waals surface area contributed by atoms with Crippen molar-refractivity contribution in [1.82, 2.24) is 14.3 Å². The standard InChI is InChI=1S/C28H26FN5O4S/c1-34(12-13-38-2)39(36,37)33-24-5-3-4-21(25(24)29)26(35)23-16-32-27-22(23)14-19(15-31-27)18-6-8-20(9-7-18)28(17-30)10-11-28/h3-9,14-16,33H,10-13H2,1-2H3,(H,31,32). The Balaban J connectivity index is 1.44. The quantitative estimate of drug-likeness (QED) is 0.284. The van der Waals surface area contributed by atoms with Gasteiger partial charge in [-0.3, -0.25) is 9.52 Å². The van der Waals surface area contributed by atoms with Crippen LogP contribution in [-0.4, -0.2) is 55.8 Å². The number of anilines is 1. The van der Waals surface area contributed by atoms with Crippen LogP contribution < -0.4 is 4.72 Å². The summed E-state index contributed by atoms with van der Waals surface area (Å²) in [6.45, 7) is 0.235. The summed E-state index contributed by atoms with van der Waals surface area (Å²) >= 11 is 0. The SMILES string of the molecule is COCCN(C)S(=O)(=O)Nc1cccc(C(=O)c2c[nH]c3ncc(-c4ccc(C5(C#N)CC5)cc4)cc23)c1F. The first-order valence-corrected chi connectivity index (χ1v) is 13.7. The molecular weight excluding hydrogens is 521 g/mol. The number of nitrogens with zero attached hydrogens (tertiary/aromatic N) is 3. The number of hydrogen-bond donors (Lipinski definition) is 2. The third-order valence-corrected chi connectivity index (χ3v) is 8.49. The van der Waals surface area contributed by atoms with Gasteiger partial charge in [-0.15, -0.1) is 0 Å². The van der Waals surface area contributed by atoms with E-state index in [1.54, 1.807) is 12.3 Å². The number of methoxy groups -OCH3 is 1. The van der Waals surface area contributed by atoms with E-state index in [2.05, 4.69) is 20.8 Å². The molecule has 0 atom stereocenters. The highest BCUT2D eigenvalue weighted by molar-refractivity contribution is 7.90. The molecule has 0 saturated heterocycles. The number of benzene rings is 2. The van der Waals surface area contributed by atoms with Crippen molar-refractivity contribution in [2.45, 2.75) is 18.3 Å². The van der Waals surface area contributed by atoms with Crippen molar-refractivity contribution in [1.29, 1.82) is 5.26 Å². The number of hydrogen-bond acceptors (Lipinski definition) is 6. The number of aromatic amines is 1. The van der Waals surface area contributed by atoms with E-state index in [0.29, 0.717) is 11.0 Å². The molecule has 0 spiro atoms. The zero-order chi connectivity index (χ0) is 27.8. The molecule has 0 aliphatic heterocycles. The van der Waals surface area contributed by atoms with Crippen LogP contribution in [0.25, 0.3) is 22.2 Å². The van der Waals surface area contributed by atoms with Gasteiger partial charge in [0.2, 0.25) is 0 Å². The maximum Gasteiger partial charge on any atom is 0.301 e. The Hall–Kier alpha value is -4.11. The van der Waals surface area contributed by atoms with Gasteiger partial charge in [-0.1, -0.05) is 30.3 Å². The van der Waals surface area contributed by atoms with Crippen molar-refractivity contribution in [3.63, 3.8) is 0 Å². The maximum atomic E-state index is 15.4. The van der Waals surface area contributed by atoms with Crippen molar-refractivity contribution >= 4 is 32.7 Å². The number of likely N-dealkylation sites (N-methyl/N-ethyl adjacent to an activating group) is 1. The predicted molar refractivity (Wildman–Crippen MR) is 145 cm³/mol. The van der Waals surface area contributed by atoms with Crippen LogP contribution in [-0.2, 0) is 20.4 Å². The minimum absolute atomic E-state index is 0.0681. The van der Waals surface area contributed by atoms with E-state index in [9.17, 15) is 18.5 Å². The molecule has 200 valence electrons. The molecule has 2 N–H and O–H groups in total. The zero-order valence-electron chi connectivity index (χ0n) is 21.4. The Kier molecular flexibility index (Phi) is 6.94. The molecule has 1 aliphatic carbocycles. The Labute approximate surface area is 225 Å². The van der Waals surface area contributed by atoms with Gasteiger partial charge in [0.1, 0.15) is 5.65 Å². The predicted octanol–water partition coefficient (Wildman–Crippen LogP) is 4.39. The Morgan fingerprint density at radius 2 is 1.95 bits per heavy atom. The van der Waals surface area contributed by atoms with Crippen LogP contribution in [0.15, 0.2) is 60.9 Å². The highest BCUT2D eigenvalue weighted by Crippen LogP contribution is 2.47. The van der Waals surface area contributed by atoms with Gasteiger partial charge in [0.05, 0.1) is 29.3 Å². The van der Waals surface area contributed by atoms with Crippen molar-refractivity contribution < 1.29 is 22.3 Å². The number of ketones is 1. The Morgan fingerprint density at radius 1 is 1.21 bits per heavy atom. The summed E-state index contributed by atoms with van der Waals surface area (Å²) in [4.78, 5) is 20.8. The second-order valence-corrected chi connectivity index (χ2v) is 11.3. The molecule has 0 radical (unpaired) electrons. The maximum absolute atomic E-state index is 15.4. The molecule has 2 aromatic carbocycles. The fraction of sp³-hybridized carbons (Fsp3) is 0.250. The summed E-state index contributed by atoms with van der Waals surface area (Å²) in [5, 5.41) is 9.95. The molecule has 2 heterocycles. The molecule has 1 aliphatic rings. The minimum atomic E-state index is -4.07. The molecule has 0 unspecified atom stereocenters. The first kappa shape index (κ1) is 26.5. The number of ether oxygens (including phenoxy) is 1. The number of rotatable bonds is 10. The normalized spacial score (nSPS) is 14.3. The van der Waals surface area contributed by atoms with Crippen LogP contribution in [0.4, 0.5) is 10.1 Å². The molecule has 9 nitrogen and oxygen atoms in total. The number of fused-ring (bicyclic) bond motifs is 1. The smallest absolute Gasteiger partial charge is 0.301 e. The first-order valence-electron chi connectivity index (χ1n) is 12.2. The molecule has 0 amide bonds. The van der Waals surface area contributed by atoms with Crippen LogP contribution in [0.1, 0.15) is 34.3 Å². The lowest BCUT2D eigenvalue weighted by Crippen LogP contribution is -2.35. The molecule has 2 aromatic heterocycles. The van der Waals surface area contributed by atoms with Crippen molar-refractivity contribution in [3.05, 3.63) is 83.4 Å². The summed E-state index contributed by atoms with van der Waals surface area (Å²) in [7, 11) is -1.28. The summed E-state index contributed by atoms with van der Waals surface area (Å²) in [6, 6.07) is 15.9. The van der Waals surface area contributed by atoms with Crippen LogP contribution in [0.2, 0.25) is 0 Å². The molecule has 5 rings (SSSR count). The van der Waals surface area contributed by atoms with Gasteiger partial charge in [0.15, 0.2) is 11.6 Å². The first-order chi connectivity index (χ1) is 18.7. The summed E-state index contributed by atoms with van der Waals surface area (Å²) in [6.07, 6.45) is 4.85. The highest BCUT2D eigenvalue weighted by atomic mass is 32.2. The Bertz CT molecular complexity index is 1710. The fourth-order valence-corrected chi connectivity index (χ4v) is 5.32. The lowest BCUT2D eigenvalue weighted by molar-refractivity contribution is 0.103. The number of carbonyl (C=O) groups is 1. The van der Waals surface area contributed by atoms with Crippen molar-refractivity contribution in [2.75, 3.05) is 32.0 Å². The van der Waals surface area contributed by atoms with Gasteiger partial charge < -0.3 is 9.72 Å². The van der Waals surface area contributed by atoms with E-state index >= 15 is 4.39 Å². The average Bonchev–Trinajstić information content (AvgIpc) is 3.64. The average molecular weight is 548 g/mol. The lowest BCUT2D eigenvalue weighted by Gasteiger charge is -2.18. The van der Waals surface area contributed by atoms with Gasteiger partial charge >= 0.3 is 10.2 Å². The molecule has 0 bridgehead atoms. The molecule has 1 saturated carbocycles. The van der Waals surface area contributed by atoms with Gasteiger partial charge in [-0.25, -0.2) is 9.37 Å². The number of H-pyrrole nitrogens is 1. The largest absolute Gasteiger partial charge is 0.383 e. The van der Waals surface area contributed by atoms with Crippen LogP contribution >= 0.6 is 0 Å². The molecule has 1 fully saturated rings. The lowest BCUT2D eigenvalue weighted by atomic mass is 9.95. The second kappa shape index (κ2) is 10.2. The van der Waals surface area contributed by atoms with E-state index < -0.39 is 21.8 Å². The van der Waals surface area contributed by atoms with Gasteiger partial charge in [-0.2, -0.15) is 18.0 Å². The van der Waals surface area contributed by atoms with E-state index in [-0.39, 0.29) is 35.4 Å². The number of carbonyl (C=O) groups excluding carboxylic acids is 1. The topological polar surface area (TPSA) is 128 Å². The van der Waals surface area contributed by atoms with E-state index in [0.717, 1.165) is 33.8 Å². The van der Waals surface area contributed by atoms with Gasteiger partial charge in [0.25, 0.3) is 0 Å². The number of nitriles is 1.